The molecule has 0 heterocycles. The molecular weight excluding hydrogens is 590 g/mol. The topological polar surface area (TPSA) is 86.8 Å². The molecule has 9 heteroatoms. The molecular formula is C31H36BrN3O4S. The standard InChI is InChI=1S/C31H36BrN3O4S/c1-23-11-9-12-25(19-23)21-34(24(2)31(37)33-27-14-5-3-6-15-27)30(36)22-35(28-16-10-13-26(32)20-28)40(38,39)29-17-7-4-8-18-29/h4,7-13,16-20,24,27H,3,5-6,14-15,21-22H2,1-2H3,(H,33,37)/t24-/m1/s1. The van der Waals surface area contributed by atoms with Gasteiger partial charge in [-0.15, -0.1) is 0 Å². The predicted octanol–water partition coefficient (Wildman–Crippen LogP) is 5.82. The van der Waals surface area contributed by atoms with Gasteiger partial charge in [0.2, 0.25) is 11.8 Å². The van der Waals surface area contributed by atoms with Gasteiger partial charge in [0.15, 0.2) is 0 Å². The average molecular weight is 627 g/mol. The van der Waals surface area contributed by atoms with E-state index in [-0.39, 0.29) is 23.4 Å². The maximum absolute atomic E-state index is 14.0. The molecule has 3 aromatic rings. The molecule has 0 bridgehead atoms. The van der Waals surface area contributed by atoms with Crippen molar-refractivity contribution in [1.82, 2.24) is 10.2 Å². The molecule has 7 nitrogen and oxygen atoms in total. The number of rotatable bonds is 10. The maximum atomic E-state index is 14.0. The lowest BCUT2D eigenvalue weighted by Crippen LogP contribution is -2.53. The minimum absolute atomic E-state index is 0.0797. The number of halogens is 1. The normalized spacial score (nSPS) is 14.8. The molecule has 0 radical (unpaired) electrons. The molecule has 0 aromatic heterocycles. The van der Waals surface area contributed by atoms with Gasteiger partial charge in [-0.3, -0.25) is 13.9 Å². The average Bonchev–Trinajstić information content (AvgIpc) is 2.95. The van der Waals surface area contributed by atoms with Crippen molar-refractivity contribution >= 4 is 43.5 Å². The highest BCUT2D eigenvalue weighted by molar-refractivity contribution is 9.10. The largest absolute Gasteiger partial charge is 0.352 e. The predicted molar refractivity (Wildman–Crippen MR) is 161 cm³/mol. The summed E-state index contributed by atoms with van der Waals surface area (Å²) in [7, 11) is -4.08. The Hall–Kier alpha value is -3.17. The van der Waals surface area contributed by atoms with Gasteiger partial charge in [-0.25, -0.2) is 8.42 Å². The molecule has 212 valence electrons. The Bertz CT molecular complexity index is 1430. The lowest BCUT2D eigenvalue weighted by Gasteiger charge is -2.33. The number of anilines is 1. The first-order valence-electron chi connectivity index (χ1n) is 13.6. The van der Waals surface area contributed by atoms with Crippen LogP contribution in [0.25, 0.3) is 0 Å². The van der Waals surface area contributed by atoms with Crippen LogP contribution in [0.15, 0.2) is 88.2 Å². The summed E-state index contributed by atoms with van der Waals surface area (Å²) in [4.78, 5) is 29.0. The fourth-order valence-electron chi connectivity index (χ4n) is 5.04. The number of benzene rings is 3. The minimum Gasteiger partial charge on any atom is -0.352 e. The van der Waals surface area contributed by atoms with Gasteiger partial charge in [0.05, 0.1) is 10.6 Å². The van der Waals surface area contributed by atoms with E-state index in [9.17, 15) is 18.0 Å². The third kappa shape index (κ3) is 7.52. The van der Waals surface area contributed by atoms with Crippen molar-refractivity contribution in [1.29, 1.82) is 0 Å². The van der Waals surface area contributed by atoms with Gasteiger partial charge in [-0.05, 0) is 62.6 Å². The molecule has 0 spiro atoms. The number of hydrogen-bond acceptors (Lipinski definition) is 4. The van der Waals surface area contributed by atoms with Crippen molar-refractivity contribution in [3.63, 3.8) is 0 Å². The number of carbonyl (C=O) groups excluding carboxylic acids is 2. The van der Waals surface area contributed by atoms with Gasteiger partial charge in [-0.1, -0.05) is 89.3 Å². The van der Waals surface area contributed by atoms with E-state index in [0.29, 0.717) is 10.2 Å². The molecule has 0 unspecified atom stereocenters. The molecule has 1 aliphatic carbocycles. The first-order valence-corrected chi connectivity index (χ1v) is 15.9. The summed E-state index contributed by atoms with van der Waals surface area (Å²) in [6, 6.07) is 22.0. The molecule has 3 aromatic carbocycles. The zero-order valence-electron chi connectivity index (χ0n) is 22.9. The third-order valence-electron chi connectivity index (χ3n) is 7.26. The van der Waals surface area contributed by atoms with E-state index in [0.717, 1.165) is 41.1 Å². The van der Waals surface area contributed by atoms with Gasteiger partial charge < -0.3 is 10.2 Å². The number of carbonyl (C=O) groups is 2. The van der Waals surface area contributed by atoms with Crippen LogP contribution in [-0.4, -0.2) is 43.8 Å². The zero-order chi connectivity index (χ0) is 28.7. The van der Waals surface area contributed by atoms with Crippen LogP contribution in [0.4, 0.5) is 5.69 Å². The molecule has 0 aliphatic heterocycles. The molecule has 1 fully saturated rings. The number of aryl methyl sites for hydroxylation is 1. The third-order valence-corrected chi connectivity index (χ3v) is 9.54. The number of hydrogen-bond donors (Lipinski definition) is 1. The highest BCUT2D eigenvalue weighted by atomic mass is 79.9. The zero-order valence-corrected chi connectivity index (χ0v) is 25.3. The lowest BCUT2D eigenvalue weighted by molar-refractivity contribution is -0.139. The van der Waals surface area contributed by atoms with E-state index in [1.165, 1.54) is 23.5 Å². The fraction of sp³-hybridized carbons (Fsp3) is 0.355. The van der Waals surface area contributed by atoms with Gasteiger partial charge in [0, 0.05) is 17.1 Å². The monoisotopic (exact) mass is 625 g/mol. The Kier molecular flexibility index (Phi) is 10.0. The van der Waals surface area contributed by atoms with Crippen molar-refractivity contribution in [2.45, 2.75) is 69.5 Å². The minimum atomic E-state index is -4.08. The molecule has 1 saturated carbocycles. The van der Waals surface area contributed by atoms with E-state index in [1.807, 2.05) is 31.2 Å². The first kappa shape index (κ1) is 29.8. The van der Waals surface area contributed by atoms with Crippen molar-refractivity contribution in [2.24, 2.45) is 0 Å². The van der Waals surface area contributed by atoms with Gasteiger partial charge in [-0.2, -0.15) is 0 Å². The highest BCUT2D eigenvalue weighted by Crippen LogP contribution is 2.27. The second-order valence-corrected chi connectivity index (χ2v) is 13.1. The van der Waals surface area contributed by atoms with Crippen LogP contribution in [0.3, 0.4) is 0 Å². The molecule has 2 amide bonds. The summed E-state index contributed by atoms with van der Waals surface area (Å²) in [5, 5.41) is 3.13. The van der Waals surface area contributed by atoms with E-state index < -0.39 is 28.5 Å². The molecule has 1 aliphatic rings. The van der Waals surface area contributed by atoms with Gasteiger partial charge in [0.1, 0.15) is 12.6 Å². The SMILES string of the molecule is Cc1cccc(CN(C(=O)CN(c2cccc(Br)c2)S(=O)(=O)c2ccccc2)[C@H](C)C(=O)NC2CCCCC2)c1. The second kappa shape index (κ2) is 13.5. The fourth-order valence-corrected chi connectivity index (χ4v) is 6.85. The Morgan fingerprint density at radius 1 is 0.950 bits per heavy atom. The number of nitrogens with zero attached hydrogens (tertiary/aromatic N) is 2. The molecule has 0 saturated heterocycles. The van der Waals surface area contributed by atoms with Crippen molar-refractivity contribution in [3.8, 4) is 0 Å². The van der Waals surface area contributed by atoms with Gasteiger partial charge in [0.25, 0.3) is 10.0 Å². The molecule has 1 atom stereocenters. The number of amides is 2. The van der Waals surface area contributed by atoms with Crippen LogP contribution in [-0.2, 0) is 26.2 Å². The summed E-state index contributed by atoms with van der Waals surface area (Å²) < 4.78 is 29.5. The van der Waals surface area contributed by atoms with E-state index >= 15 is 0 Å². The van der Waals surface area contributed by atoms with Crippen LogP contribution in [0.2, 0.25) is 0 Å². The first-order chi connectivity index (χ1) is 19.1. The number of sulfonamides is 1. The summed E-state index contributed by atoms with van der Waals surface area (Å²) in [6.45, 7) is 3.40. The lowest BCUT2D eigenvalue weighted by atomic mass is 9.95. The maximum Gasteiger partial charge on any atom is 0.264 e. The Morgan fingerprint density at radius 3 is 2.33 bits per heavy atom. The van der Waals surface area contributed by atoms with Crippen LogP contribution in [0.1, 0.15) is 50.2 Å². The second-order valence-electron chi connectivity index (χ2n) is 10.3. The quantitative estimate of drug-likeness (QED) is 0.308. The highest BCUT2D eigenvalue weighted by Gasteiger charge is 2.33. The summed E-state index contributed by atoms with van der Waals surface area (Å²) in [5.74, 6) is -0.694. The smallest absolute Gasteiger partial charge is 0.264 e. The summed E-state index contributed by atoms with van der Waals surface area (Å²) in [5.41, 5.74) is 2.25. The molecule has 4 rings (SSSR count). The van der Waals surface area contributed by atoms with Crippen LogP contribution < -0.4 is 9.62 Å². The molecule has 40 heavy (non-hydrogen) atoms. The summed E-state index contributed by atoms with van der Waals surface area (Å²) >= 11 is 3.42. The van der Waals surface area contributed by atoms with Crippen molar-refractivity contribution < 1.29 is 18.0 Å². The Balaban J connectivity index is 1.67. The van der Waals surface area contributed by atoms with E-state index in [4.69, 9.17) is 0 Å². The Morgan fingerprint density at radius 2 is 1.65 bits per heavy atom. The van der Waals surface area contributed by atoms with Crippen molar-refractivity contribution in [2.75, 3.05) is 10.8 Å². The van der Waals surface area contributed by atoms with E-state index in [2.05, 4.69) is 21.2 Å². The van der Waals surface area contributed by atoms with Crippen molar-refractivity contribution in [3.05, 3.63) is 94.5 Å². The van der Waals surface area contributed by atoms with E-state index in [1.54, 1.807) is 49.4 Å². The summed E-state index contributed by atoms with van der Waals surface area (Å²) in [6.07, 6.45) is 5.17. The molecule has 1 N–H and O–H groups in total. The number of nitrogens with one attached hydrogen (secondary N) is 1. The van der Waals surface area contributed by atoms with Gasteiger partial charge >= 0.3 is 0 Å². The van der Waals surface area contributed by atoms with Crippen LogP contribution >= 0.6 is 15.9 Å². The van der Waals surface area contributed by atoms with Crippen LogP contribution in [0.5, 0.6) is 0 Å². The van der Waals surface area contributed by atoms with Crippen LogP contribution in [0, 0.1) is 6.92 Å². The Labute approximate surface area is 245 Å².